The molecule has 0 aliphatic carbocycles. The quantitative estimate of drug-likeness (QED) is 0.359. The lowest BCUT2D eigenvalue weighted by atomic mass is 9.80. The van der Waals surface area contributed by atoms with Crippen LogP contribution in [0.3, 0.4) is 0 Å². The van der Waals surface area contributed by atoms with E-state index in [2.05, 4.69) is 4.98 Å². The van der Waals surface area contributed by atoms with Gasteiger partial charge in [0.2, 0.25) is 10.0 Å². The zero-order valence-electron chi connectivity index (χ0n) is 22.9. The summed E-state index contributed by atoms with van der Waals surface area (Å²) in [4.78, 5) is 17.2. The highest BCUT2D eigenvalue weighted by molar-refractivity contribution is 7.92. The van der Waals surface area contributed by atoms with Crippen LogP contribution in [-0.2, 0) is 26.1 Å². The zero-order valence-corrected chi connectivity index (χ0v) is 24.5. The third-order valence-electron chi connectivity index (χ3n) is 6.71. The van der Waals surface area contributed by atoms with Crippen molar-refractivity contribution in [1.82, 2.24) is 4.98 Å². The van der Waals surface area contributed by atoms with Gasteiger partial charge in [-0.3, -0.25) is 4.31 Å². The molecular formula is C29H33ClN2O5S. The molecule has 0 saturated heterocycles. The molecule has 3 aromatic rings. The van der Waals surface area contributed by atoms with Gasteiger partial charge in [-0.1, -0.05) is 41.4 Å². The van der Waals surface area contributed by atoms with Crippen molar-refractivity contribution in [2.45, 2.75) is 66.7 Å². The maximum atomic E-state index is 13.2. The Bertz CT molecular complexity index is 1560. The van der Waals surface area contributed by atoms with Crippen LogP contribution in [0.4, 0.5) is 5.69 Å². The first-order chi connectivity index (χ1) is 17.5. The van der Waals surface area contributed by atoms with Gasteiger partial charge in [0.05, 0.1) is 24.1 Å². The van der Waals surface area contributed by atoms with Crippen LogP contribution in [0.2, 0.25) is 5.15 Å². The van der Waals surface area contributed by atoms with Crippen molar-refractivity contribution < 1.29 is 23.1 Å². The van der Waals surface area contributed by atoms with E-state index >= 15 is 0 Å². The fraction of sp³-hybridized carbons (Fsp3) is 0.379. The number of anilines is 1. The van der Waals surface area contributed by atoms with E-state index in [1.165, 1.54) is 4.31 Å². The average Bonchev–Trinajstić information content (AvgIpc) is 2.78. The van der Waals surface area contributed by atoms with E-state index in [4.69, 9.17) is 16.3 Å². The van der Waals surface area contributed by atoms with E-state index < -0.39 is 27.7 Å². The van der Waals surface area contributed by atoms with E-state index in [9.17, 15) is 18.3 Å². The minimum absolute atomic E-state index is 0.0612. The van der Waals surface area contributed by atoms with Crippen molar-refractivity contribution in [1.29, 1.82) is 0 Å². The molecule has 1 N–H and O–H groups in total. The Morgan fingerprint density at radius 2 is 1.66 bits per heavy atom. The molecule has 1 atom stereocenters. The van der Waals surface area contributed by atoms with Crippen molar-refractivity contribution in [3.8, 4) is 22.3 Å². The van der Waals surface area contributed by atoms with Gasteiger partial charge in [-0.15, -0.1) is 0 Å². The number of fused-ring (bicyclic) bond motifs is 3. The first-order valence-electron chi connectivity index (χ1n) is 12.3. The van der Waals surface area contributed by atoms with Gasteiger partial charge in [0.15, 0.2) is 6.10 Å². The predicted molar refractivity (Wildman–Crippen MR) is 151 cm³/mol. The van der Waals surface area contributed by atoms with Crippen LogP contribution in [0.15, 0.2) is 30.3 Å². The van der Waals surface area contributed by atoms with Gasteiger partial charge in [0, 0.05) is 22.4 Å². The number of hydrogen-bond acceptors (Lipinski definition) is 5. The van der Waals surface area contributed by atoms with Crippen LogP contribution in [-0.4, -0.2) is 36.3 Å². The second kappa shape index (κ2) is 9.67. The summed E-state index contributed by atoms with van der Waals surface area (Å²) in [7, 11) is -3.75. The summed E-state index contributed by atoms with van der Waals surface area (Å²) >= 11 is 6.72. The normalized spacial score (nSPS) is 14.2. The monoisotopic (exact) mass is 556 g/mol. The Labute approximate surface area is 229 Å². The number of aliphatic carboxylic acids is 1. The highest BCUT2D eigenvalue weighted by Crippen LogP contribution is 2.52. The van der Waals surface area contributed by atoms with Gasteiger partial charge in [0.25, 0.3) is 0 Å². The molecule has 0 amide bonds. The summed E-state index contributed by atoms with van der Waals surface area (Å²) in [6.07, 6.45) is -0.190. The number of rotatable bonds is 5. The molecule has 38 heavy (non-hydrogen) atoms. The summed E-state index contributed by atoms with van der Waals surface area (Å²) < 4.78 is 33.8. The Morgan fingerprint density at radius 1 is 1.05 bits per heavy atom. The molecule has 7 nitrogen and oxygen atoms in total. The van der Waals surface area contributed by atoms with Crippen molar-refractivity contribution in [3.05, 3.63) is 69.0 Å². The van der Waals surface area contributed by atoms with Crippen LogP contribution < -0.4 is 4.31 Å². The maximum Gasteiger partial charge on any atom is 0.337 e. The van der Waals surface area contributed by atoms with Crippen LogP contribution >= 0.6 is 11.6 Å². The van der Waals surface area contributed by atoms with E-state index in [0.717, 1.165) is 22.9 Å². The molecule has 9 heteroatoms. The maximum absolute atomic E-state index is 13.2. The lowest BCUT2D eigenvalue weighted by Crippen LogP contribution is -2.35. The Kier molecular flexibility index (Phi) is 7.14. The smallest absolute Gasteiger partial charge is 0.337 e. The molecular weight excluding hydrogens is 524 g/mol. The van der Waals surface area contributed by atoms with Crippen LogP contribution in [0.5, 0.6) is 0 Å². The molecule has 0 unspecified atom stereocenters. The van der Waals surface area contributed by atoms with Gasteiger partial charge in [0.1, 0.15) is 5.15 Å². The van der Waals surface area contributed by atoms with Crippen molar-refractivity contribution >= 4 is 33.3 Å². The number of ether oxygens (including phenoxy) is 1. The minimum Gasteiger partial charge on any atom is -0.479 e. The fourth-order valence-corrected chi connectivity index (χ4v) is 6.52. The molecule has 0 radical (unpaired) electrons. The molecule has 2 aromatic carbocycles. The number of halogens is 1. The van der Waals surface area contributed by atoms with Gasteiger partial charge in [-0.25, -0.2) is 18.2 Å². The fourth-order valence-electron chi connectivity index (χ4n) is 5.24. The third-order valence-corrected chi connectivity index (χ3v) is 8.10. The number of hydrogen-bond donors (Lipinski definition) is 1. The summed E-state index contributed by atoms with van der Waals surface area (Å²) in [6.45, 7) is 12.9. The zero-order chi connectivity index (χ0) is 28.3. The lowest BCUT2D eigenvalue weighted by Gasteiger charge is -2.37. The van der Waals surface area contributed by atoms with E-state index in [1.807, 2.05) is 51.1 Å². The van der Waals surface area contributed by atoms with E-state index in [0.29, 0.717) is 44.8 Å². The highest BCUT2D eigenvalue weighted by atomic mass is 35.5. The van der Waals surface area contributed by atoms with Gasteiger partial charge >= 0.3 is 5.97 Å². The molecule has 1 aliphatic rings. The highest BCUT2D eigenvalue weighted by Gasteiger charge is 2.39. The second-order valence-corrected chi connectivity index (χ2v) is 13.2. The van der Waals surface area contributed by atoms with Crippen LogP contribution in [0.25, 0.3) is 22.3 Å². The molecule has 1 aromatic heterocycles. The minimum atomic E-state index is -3.75. The summed E-state index contributed by atoms with van der Waals surface area (Å²) in [6, 6.07) is 9.65. The molecule has 0 spiro atoms. The standard InChI is InChI=1S/C29H33ClN2O5S/c1-15-9-11-19(12-10-15)21-17(3)22-24-20(13-16(2)31-27(24)30)14-32(38(8,35)36)25(22)18(4)23(21)26(28(33)34)37-29(5,6)7/h9-13,26H,14H2,1-8H3,(H,33,34)/t26-/m0/s1. The largest absolute Gasteiger partial charge is 0.479 e. The molecule has 2 heterocycles. The molecule has 0 saturated carbocycles. The Hall–Kier alpha value is -2.94. The number of pyridine rings is 1. The molecule has 4 rings (SSSR count). The SMILES string of the molecule is Cc1ccc(-c2c(C)c3c(c(C)c2[C@H](OC(C)(C)C)C(=O)O)N(S(C)(=O)=O)Cc2cc(C)nc(Cl)c2-3)cc1. The Morgan fingerprint density at radius 3 is 2.18 bits per heavy atom. The number of carboxylic acid groups (broad SMARTS) is 1. The number of sulfonamides is 1. The second-order valence-electron chi connectivity index (χ2n) is 10.9. The number of carboxylic acids is 1. The first-order valence-corrected chi connectivity index (χ1v) is 14.5. The number of nitrogens with zero attached hydrogens (tertiary/aromatic N) is 2. The molecule has 202 valence electrons. The van der Waals surface area contributed by atoms with Crippen LogP contribution in [0, 0.1) is 27.7 Å². The van der Waals surface area contributed by atoms with E-state index in [-0.39, 0.29) is 11.7 Å². The van der Waals surface area contributed by atoms with Crippen molar-refractivity contribution in [3.63, 3.8) is 0 Å². The number of carbonyl (C=O) groups is 1. The molecule has 0 bridgehead atoms. The number of aromatic nitrogens is 1. The Balaban J connectivity index is 2.24. The van der Waals surface area contributed by atoms with Gasteiger partial charge in [-0.2, -0.15) is 0 Å². The van der Waals surface area contributed by atoms with E-state index in [1.54, 1.807) is 27.7 Å². The van der Waals surface area contributed by atoms with Crippen molar-refractivity contribution in [2.75, 3.05) is 10.6 Å². The molecule has 1 aliphatic heterocycles. The van der Waals surface area contributed by atoms with Gasteiger partial charge in [-0.05, 0) is 82.3 Å². The number of benzene rings is 2. The first kappa shape index (κ1) is 28.1. The topological polar surface area (TPSA) is 96.8 Å². The summed E-state index contributed by atoms with van der Waals surface area (Å²) in [5, 5.41) is 10.7. The summed E-state index contributed by atoms with van der Waals surface area (Å²) in [5.41, 5.74) is 6.50. The van der Waals surface area contributed by atoms with Crippen LogP contribution in [0.1, 0.15) is 60.4 Å². The predicted octanol–water partition coefficient (Wildman–Crippen LogP) is 6.52. The van der Waals surface area contributed by atoms with Gasteiger partial charge < -0.3 is 9.84 Å². The number of aryl methyl sites for hydroxylation is 2. The molecule has 0 fully saturated rings. The third kappa shape index (κ3) is 5.05. The summed E-state index contributed by atoms with van der Waals surface area (Å²) in [5.74, 6) is -1.16. The average molecular weight is 557 g/mol. The lowest BCUT2D eigenvalue weighted by molar-refractivity contribution is -0.160. The van der Waals surface area contributed by atoms with Crippen molar-refractivity contribution in [2.24, 2.45) is 0 Å².